The van der Waals surface area contributed by atoms with Crippen molar-refractivity contribution in [3.63, 3.8) is 0 Å². The summed E-state index contributed by atoms with van der Waals surface area (Å²) in [5.41, 5.74) is -0.834. The topological polar surface area (TPSA) is 56.8 Å². The number of hydrogen-bond donors (Lipinski definition) is 1. The Morgan fingerprint density at radius 2 is 1.68 bits per heavy atom. The van der Waals surface area contributed by atoms with Crippen LogP contribution in [0.3, 0.4) is 0 Å². The van der Waals surface area contributed by atoms with Crippen LogP contribution in [0.15, 0.2) is 12.1 Å². The lowest BCUT2D eigenvalue weighted by Crippen LogP contribution is -2.41. The van der Waals surface area contributed by atoms with Crippen molar-refractivity contribution in [2.24, 2.45) is 0 Å². The van der Waals surface area contributed by atoms with Crippen LogP contribution < -0.4 is 10.1 Å². The Morgan fingerprint density at radius 1 is 1.14 bits per heavy atom. The first-order valence-corrected chi connectivity index (χ1v) is 11.0. The number of esters is 1. The largest absolute Gasteiger partial charge is 0.505 e. The van der Waals surface area contributed by atoms with Crippen LogP contribution in [-0.4, -0.2) is 43.0 Å². The van der Waals surface area contributed by atoms with Crippen molar-refractivity contribution < 1.29 is 18.8 Å². The molecule has 2 fully saturated rings. The minimum Gasteiger partial charge on any atom is -0.460 e. The molecule has 0 unspecified atom stereocenters. The summed E-state index contributed by atoms with van der Waals surface area (Å²) in [5, 5.41) is 3.42. The first-order chi connectivity index (χ1) is 12.8. The van der Waals surface area contributed by atoms with Crippen LogP contribution in [0.5, 0.6) is 0 Å². The molecule has 1 aromatic heterocycles. The first kappa shape index (κ1) is 23.4. The SMILES string of the molecule is CC(=O)OC(C)(C)C.CC1(C)OB(c2ccc(C3CCNCC3)s2)OC1(C)C. The number of carbonyl (C=O) groups is 1. The maximum atomic E-state index is 10.2. The molecule has 0 radical (unpaired) electrons. The Hall–Kier alpha value is -0.885. The number of thiophene rings is 1. The molecule has 158 valence electrons. The number of piperidine rings is 1. The standard InChI is InChI=1S/C15H24BNO2S.C6H12O2/c1-14(2)15(3,4)19-16(18-14)13-6-5-12(20-13)11-7-9-17-10-8-11;1-5(7)8-6(2,3)4/h5-6,11,17H,7-10H2,1-4H3;1-4H3. The van der Waals surface area contributed by atoms with Gasteiger partial charge in [-0.05, 0) is 86.4 Å². The second kappa shape index (κ2) is 8.86. The predicted molar refractivity (Wildman–Crippen MR) is 116 cm³/mol. The summed E-state index contributed by atoms with van der Waals surface area (Å²) in [5.74, 6) is 0.481. The van der Waals surface area contributed by atoms with Gasteiger partial charge in [0.25, 0.3) is 0 Å². The van der Waals surface area contributed by atoms with Crippen molar-refractivity contribution in [3.8, 4) is 0 Å². The van der Waals surface area contributed by atoms with E-state index in [1.807, 2.05) is 32.1 Å². The smallest absolute Gasteiger partial charge is 0.460 e. The lowest BCUT2D eigenvalue weighted by Gasteiger charge is -2.32. The quantitative estimate of drug-likeness (QED) is 0.594. The monoisotopic (exact) mass is 409 g/mol. The molecule has 0 amide bonds. The maximum absolute atomic E-state index is 10.2. The third-order valence-corrected chi connectivity index (χ3v) is 6.59. The van der Waals surface area contributed by atoms with E-state index < -0.39 is 0 Å². The van der Waals surface area contributed by atoms with E-state index in [0.29, 0.717) is 5.92 Å². The highest BCUT2D eigenvalue weighted by molar-refractivity contribution is 7.22. The van der Waals surface area contributed by atoms with E-state index in [-0.39, 0.29) is 29.9 Å². The van der Waals surface area contributed by atoms with Gasteiger partial charge in [-0.15, -0.1) is 11.3 Å². The van der Waals surface area contributed by atoms with Crippen LogP contribution >= 0.6 is 11.3 Å². The number of nitrogens with one attached hydrogen (secondary N) is 1. The number of hydrogen-bond acceptors (Lipinski definition) is 6. The third-order valence-electron chi connectivity index (χ3n) is 5.32. The summed E-state index contributed by atoms with van der Waals surface area (Å²) < 4.78 is 18.3. The third kappa shape index (κ3) is 6.31. The van der Waals surface area contributed by atoms with Crippen LogP contribution in [0.2, 0.25) is 0 Å². The molecule has 0 bridgehead atoms. The minimum atomic E-state index is -0.328. The average molecular weight is 409 g/mol. The zero-order valence-corrected chi connectivity index (χ0v) is 19.5. The molecule has 0 aromatic carbocycles. The van der Waals surface area contributed by atoms with Gasteiger partial charge >= 0.3 is 13.1 Å². The highest BCUT2D eigenvalue weighted by atomic mass is 32.1. The first-order valence-electron chi connectivity index (χ1n) is 10.2. The van der Waals surface area contributed by atoms with Gasteiger partial charge in [0.1, 0.15) is 5.60 Å². The maximum Gasteiger partial charge on any atom is 0.505 e. The van der Waals surface area contributed by atoms with Crippen molar-refractivity contribution in [1.29, 1.82) is 0 Å². The van der Waals surface area contributed by atoms with Gasteiger partial charge in [-0.25, -0.2) is 0 Å². The Morgan fingerprint density at radius 3 is 2.11 bits per heavy atom. The Bertz CT molecular complexity index is 644. The van der Waals surface area contributed by atoms with E-state index in [2.05, 4.69) is 45.1 Å². The number of ether oxygens (including phenoxy) is 1. The molecule has 7 heteroatoms. The zero-order valence-electron chi connectivity index (χ0n) is 18.7. The summed E-state index contributed by atoms with van der Waals surface area (Å²) in [6, 6.07) is 4.45. The van der Waals surface area contributed by atoms with Gasteiger partial charge in [0, 0.05) is 16.6 Å². The molecular formula is C21H36BNO4S. The number of rotatable bonds is 2. The molecule has 2 saturated heterocycles. The molecular weight excluding hydrogens is 373 g/mol. The van der Waals surface area contributed by atoms with Crippen molar-refractivity contribution >= 4 is 29.2 Å². The molecule has 28 heavy (non-hydrogen) atoms. The second-order valence-corrected chi connectivity index (χ2v) is 10.7. The summed E-state index contributed by atoms with van der Waals surface area (Å²) in [6.45, 7) is 17.6. The van der Waals surface area contributed by atoms with E-state index in [9.17, 15) is 4.79 Å². The van der Waals surface area contributed by atoms with E-state index in [1.165, 1.54) is 29.4 Å². The molecule has 0 saturated carbocycles. The molecule has 2 aliphatic rings. The Kier molecular flexibility index (Phi) is 7.40. The molecule has 5 nitrogen and oxygen atoms in total. The molecule has 0 aliphatic carbocycles. The van der Waals surface area contributed by atoms with Crippen LogP contribution in [0.25, 0.3) is 0 Å². The van der Waals surface area contributed by atoms with Crippen molar-refractivity contribution in [3.05, 3.63) is 17.0 Å². The fraction of sp³-hybridized carbons (Fsp3) is 0.762. The van der Waals surface area contributed by atoms with Crippen LogP contribution in [-0.2, 0) is 18.8 Å². The molecule has 3 heterocycles. The van der Waals surface area contributed by atoms with Crippen LogP contribution in [0.1, 0.15) is 79.0 Å². The van der Waals surface area contributed by atoms with Crippen molar-refractivity contribution in [1.82, 2.24) is 5.32 Å². The predicted octanol–water partition coefficient (Wildman–Crippen LogP) is 3.86. The zero-order chi connectivity index (χ0) is 21.2. The summed E-state index contributed by atoms with van der Waals surface area (Å²) in [6.07, 6.45) is 2.48. The molecule has 2 aliphatic heterocycles. The van der Waals surface area contributed by atoms with Gasteiger partial charge < -0.3 is 19.4 Å². The molecule has 1 aromatic rings. The Balaban J connectivity index is 0.000000300. The normalized spacial score (nSPS) is 21.8. The highest BCUT2D eigenvalue weighted by Gasteiger charge is 2.52. The molecule has 0 spiro atoms. The van der Waals surface area contributed by atoms with Gasteiger partial charge in [-0.1, -0.05) is 6.07 Å². The molecule has 0 atom stereocenters. The summed E-state index contributed by atoms with van der Waals surface area (Å²) >= 11 is 1.86. The summed E-state index contributed by atoms with van der Waals surface area (Å²) in [4.78, 5) is 11.7. The van der Waals surface area contributed by atoms with Crippen LogP contribution in [0.4, 0.5) is 0 Å². The van der Waals surface area contributed by atoms with Gasteiger partial charge in [0.05, 0.1) is 11.2 Å². The second-order valence-electron chi connectivity index (χ2n) is 9.56. The molecule has 1 N–H and O–H groups in total. The minimum absolute atomic E-state index is 0.208. The van der Waals surface area contributed by atoms with Gasteiger partial charge in [0.2, 0.25) is 0 Å². The molecule has 3 rings (SSSR count). The lowest BCUT2D eigenvalue weighted by atomic mass is 9.88. The fourth-order valence-electron chi connectivity index (χ4n) is 3.21. The van der Waals surface area contributed by atoms with Gasteiger partial charge in [-0.2, -0.15) is 0 Å². The van der Waals surface area contributed by atoms with Crippen LogP contribution in [0, 0.1) is 0 Å². The lowest BCUT2D eigenvalue weighted by molar-refractivity contribution is -0.151. The van der Waals surface area contributed by atoms with E-state index >= 15 is 0 Å². The Labute approximate surface area is 174 Å². The highest BCUT2D eigenvalue weighted by Crippen LogP contribution is 2.37. The average Bonchev–Trinajstić information content (AvgIpc) is 3.10. The van der Waals surface area contributed by atoms with E-state index in [0.717, 1.165) is 13.1 Å². The van der Waals surface area contributed by atoms with E-state index in [4.69, 9.17) is 14.0 Å². The fourth-order valence-corrected chi connectivity index (χ4v) is 4.35. The van der Waals surface area contributed by atoms with Crippen molar-refractivity contribution in [2.75, 3.05) is 13.1 Å². The number of carbonyl (C=O) groups excluding carboxylic acids is 1. The van der Waals surface area contributed by atoms with Gasteiger partial charge in [0.15, 0.2) is 0 Å². The summed E-state index contributed by atoms with van der Waals surface area (Å²) in [7, 11) is -0.208. The van der Waals surface area contributed by atoms with Crippen molar-refractivity contribution in [2.45, 2.75) is 91.0 Å². The van der Waals surface area contributed by atoms with Gasteiger partial charge in [-0.3, -0.25) is 4.79 Å². The van der Waals surface area contributed by atoms with E-state index in [1.54, 1.807) is 0 Å².